The number of thiazole rings is 1. The molecule has 0 aliphatic rings. The Morgan fingerprint density at radius 1 is 1.69 bits per heavy atom. The predicted octanol–water partition coefficient (Wildman–Crippen LogP) is 1.77. The number of carbonyl (C=O) groups excluding carboxylic acids is 1. The predicted molar refractivity (Wildman–Crippen MR) is 63.0 cm³/mol. The lowest BCUT2D eigenvalue weighted by Crippen LogP contribution is -2.18. The van der Waals surface area contributed by atoms with Crippen LogP contribution in [0, 0.1) is 0 Å². The molecule has 0 fully saturated rings. The van der Waals surface area contributed by atoms with Crippen molar-refractivity contribution in [3.8, 4) is 0 Å². The SMILES string of the molecule is CCOC(=O)c1csc(NCC(C)OC)n1. The maximum atomic E-state index is 11.3. The number of aromatic nitrogens is 1. The molecule has 1 atom stereocenters. The fourth-order valence-electron chi connectivity index (χ4n) is 0.968. The summed E-state index contributed by atoms with van der Waals surface area (Å²) >= 11 is 1.38. The van der Waals surface area contributed by atoms with Crippen LogP contribution < -0.4 is 5.32 Å². The van der Waals surface area contributed by atoms with E-state index in [1.54, 1.807) is 19.4 Å². The van der Waals surface area contributed by atoms with E-state index in [9.17, 15) is 4.79 Å². The fourth-order valence-corrected chi connectivity index (χ4v) is 1.66. The van der Waals surface area contributed by atoms with Gasteiger partial charge in [-0.2, -0.15) is 0 Å². The highest BCUT2D eigenvalue weighted by Gasteiger charge is 2.11. The number of methoxy groups -OCH3 is 1. The van der Waals surface area contributed by atoms with Crippen molar-refractivity contribution in [2.75, 3.05) is 25.6 Å². The second kappa shape index (κ2) is 6.44. The lowest BCUT2D eigenvalue weighted by Gasteiger charge is -2.08. The lowest BCUT2D eigenvalue weighted by molar-refractivity contribution is 0.0520. The third kappa shape index (κ3) is 3.79. The van der Waals surface area contributed by atoms with Gasteiger partial charge in [0.15, 0.2) is 10.8 Å². The molecule has 0 saturated heterocycles. The number of carbonyl (C=O) groups is 1. The Labute approximate surface area is 98.8 Å². The average molecular weight is 244 g/mol. The van der Waals surface area contributed by atoms with Crippen LogP contribution in [0.1, 0.15) is 24.3 Å². The van der Waals surface area contributed by atoms with E-state index in [1.807, 2.05) is 6.92 Å². The van der Waals surface area contributed by atoms with E-state index in [0.29, 0.717) is 24.0 Å². The van der Waals surface area contributed by atoms with E-state index in [2.05, 4.69) is 10.3 Å². The van der Waals surface area contributed by atoms with Gasteiger partial charge in [0.05, 0.1) is 12.7 Å². The van der Waals surface area contributed by atoms with Gasteiger partial charge in [-0.1, -0.05) is 0 Å². The van der Waals surface area contributed by atoms with Crippen LogP contribution in [0.2, 0.25) is 0 Å². The number of ether oxygens (including phenoxy) is 2. The smallest absolute Gasteiger partial charge is 0.357 e. The minimum Gasteiger partial charge on any atom is -0.461 e. The van der Waals surface area contributed by atoms with E-state index < -0.39 is 0 Å². The Balaban J connectivity index is 2.48. The zero-order valence-corrected chi connectivity index (χ0v) is 10.5. The second-order valence-corrected chi connectivity index (χ2v) is 4.04. The highest BCUT2D eigenvalue weighted by atomic mass is 32.1. The molecule has 16 heavy (non-hydrogen) atoms. The first-order valence-corrected chi connectivity index (χ1v) is 5.94. The van der Waals surface area contributed by atoms with Gasteiger partial charge in [-0.3, -0.25) is 0 Å². The van der Waals surface area contributed by atoms with Gasteiger partial charge >= 0.3 is 5.97 Å². The summed E-state index contributed by atoms with van der Waals surface area (Å²) in [4.78, 5) is 15.4. The van der Waals surface area contributed by atoms with Crippen LogP contribution >= 0.6 is 11.3 Å². The maximum absolute atomic E-state index is 11.3. The molecule has 1 heterocycles. The molecule has 0 aliphatic heterocycles. The first kappa shape index (κ1) is 12.9. The first-order valence-electron chi connectivity index (χ1n) is 5.06. The second-order valence-electron chi connectivity index (χ2n) is 3.19. The molecule has 0 amide bonds. The van der Waals surface area contributed by atoms with E-state index in [1.165, 1.54) is 11.3 Å². The monoisotopic (exact) mass is 244 g/mol. The molecule has 1 N–H and O–H groups in total. The standard InChI is InChI=1S/C10H16N2O3S/c1-4-15-9(13)8-6-16-10(12-8)11-5-7(2)14-3/h6-7H,4-5H2,1-3H3,(H,11,12). The van der Waals surface area contributed by atoms with Crippen LogP contribution in [0.25, 0.3) is 0 Å². The van der Waals surface area contributed by atoms with Crippen molar-refractivity contribution in [2.24, 2.45) is 0 Å². The quantitative estimate of drug-likeness (QED) is 0.773. The summed E-state index contributed by atoms with van der Waals surface area (Å²) in [6.07, 6.45) is 0.106. The van der Waals surface area contributed by atoms with Gasteiger partial charge in [0.1, 0.15) is 0 Å². The van der Waals surface area contributed by atoms with E-state index in [-0.39, 0.29) is 12.1 Å². The Kier molecular flexibility index (Phi) is 5.21. The van der Waals surface area contributed by atoms with Crippen LogP contribution in [0.5, 0.6) is 0 Å². The molecule has 0 spiro atoms. The third-order valence-electron chi connectivity index (χ3n) is 1.93. The lowest BCUT2D eigenvalue weighted by atomic mass is 10.4. The van der Waals surface area contributed by atoms with Crippen molar-refractivity contribution < 1.29 is 14.3 Å². The van der Waals surface area contributed by atoms with Crippen molar-refractivity contribution in [1.29, 1.82) is 0 Å². The molecule has 0 aliphatic carbocycles. The summed E-state index contributed by atoms with van der Waals surface area (Å²) in [6.45, 7) is 4.74. The molecule has 0 radical (unpaired) electrons. The molecule has 1 rings (SSSR count). The highest BCUT2D eigenvalue weighted by molar-refractivity contribution is 7.13. The van der Waals surface area contributed by atoms with Crippen LogP contribution in [0.3, 0.4) is 0 Å². The number of nitrogens with one attached hydrogen (secondary N) is 1. The molecule has 6 heteroatoms. The number of hydrogen-bond donors (Lipinski definition) is 1. The Morgan fingerprint density at radius 3 is 3.06 bits per heavy atom. The van der Waals surface area contributed by atoms with Crippen molar-refractivity contribution in [1.82, 2.24) is 4.98 Å². The van der Waals surface area contributed by atoms with Crippen molar-refractivity contribution in [3.63, 3.8) is 0 Å². The largest absolute Gasteiger partial charge is 0.461 e. The number of hydrogen-bond acceptors (Lipinski definition) is 6. The van der Waals surface area contributed by atoms with Gasteiger partial charge in [0.25, 0.3) is 0 Å². The number of anilines is 1. The summed E-state index contributed by atoms with van der Waals surface area (Å²) < 4.78 is 9.93. The minimum atomic E-state index is -0.383. The normalized spacial score (nSPS) is 12.2. The molecular formula is C10H16N2O3S. The molecule has 1 unspecified atom stereocenters. The molecule has 1 aromatic heterocycles. The summed E-state index contributed by atoms with van der Waals surface area (Å²) in [5.41, 5.74) is 0.347. The van der Waals surface area contributed by atoms with Gasteiger partial charge in [-0.15, -0.1) is 11.3 Å². The Bertz CT molecular complexity index is 341. The average Bonchev–Trinajstić information content (AvgIpc) is 2.75. The van der Waals surface area contributed by atoms with Crippen molar-refractivity contribution in [3.05, 3.63) is 11.1 Å². The number of nitrogens with zero attached hydrogens (tertiary/aromatic N) is 1. The van der Waals surface area contributed by atoms with Gasteiger partial charge in [-0.25, -0.2) is 9.78 Å². The summed E-state index contributed by atoms with van der Waals surface area (Å²) in [7, 11) is 1.65. The van der Waals surface area contributed by atoms with Crippen molar-refractivity contribution >= 4 is 22.4 Å². The topological polar surface area (TPSA) is 60.5 Å². The molecule has 1 aromatic rings. The van der Waals surface area contributed by atoms with Gasteiger partial charge < -0.3 is 14.8 Å². The Hall–Kier alpha value is -1.14. The zero-order valence-electron chi connectivity index (χ0n) is 9.65. The van der Waals surface area contributed by atoms with Crippen LogP contribution in [-0.4, -0.2) is 37.3 Å². The third-order valence-corrected chi connectivity index (χ3v) is 2.73. The van der Waals surface area contributed by atoms with Crippen LogP contribution in [0.15, 0.2) is 5.38 Å². The van der Waals surface area contributed by atoms with E-state index in [0.717, 1.165) is 0 Å². The van der Waals surface area contributed by atoms with Crippen LogP contribution in [-0.2, 0) is 9.47 Å². The van der Waals surface area contributed by atoms with Crippen molar-refractivity contribution in [2.45, 2.75) is 20.0 Å². The molecular weight excluding hydrogens is 228 g/mol. The zero-order chi connectivity index (χ0) is 12.0. The Morgan fingerprint density at radius 2 is 2.44 bits per heavy atom. The molecule has 90 valence electrons. The fraction of sp³-hybridized carbons (Fsp3) is 0.600. The molecule has 0 aromatic carbocycles. The van der Waals surface area contributed by atoms with Gasteiger partial charge in [-0.05, 0) is 13.8 Å². The summed E-state index contributed by atoms with van der Waals surface area (Å²) in [5.74, 6) is -0.383. The van der Waals surface area contributed by atoms with Gasteiger partial charge in [0.2, 0.25) is 0 Å². The maximum Gasteiger partial charge on any atom is 0.357 e. The summed E-state index contributed by atoms with van der Waals surface area (Å²) in [5, 5.41) is 5.47. The van der Waals surface area contributed by atoms with Crippen LogP contribution in [0.4, 0.5) is 5.13 Å². The molecule has 0 bridgehead atoms. The summed E-state index contributed by atoms with van der Waals surface area (Å²) in [6, 6.07) is 0. The number of esters is 1. The van der Waals surface area contributed by atoms with E-state index in [4.69, 9.17) is 9.47 Å². The minimum absolute atomic E-state index is 0.106. The van der Waals surface area contributed by atoms with Gasteiger partial charge in [0, 0.05) is 19.0 Å². The highest BCUT2D eigenvalue weighted by Crippen LogP contribution is 2.16. The number of rotatable bonds is 6. The first-order chi connectivity index (χ1) is 7.67. The molecule has 5 nitrogen and oxygen atoms in total. The van der Waals surface area contributed by atoms with E-state index >= 15 is 0 Å². The molecule has 0 saturated carbocycles.